The van der Waals surface area contributed by atoms with Crippen LogP contribution in [0.1, 0.15) is 18.2 Å². The van der Waals surface area contributed by atoms with E-state index in [9.17, 15) is 8.42 Å². The smallest absolute Gasteiger partial charge is 0.203 e. The molecule has 1 aliphatic heterocycles. The van der Waals surface area contributed by atoms with Crippen LogP contribution in [0.4, 0.5) is 0 Å². The van der Waals surface area contributed by atoms with Gasteiger partial charge in [-0.25, -0.2) is 13.4 Å². The quantitative estimate of drug-likeness (QED) is 0.735. The van der Waals surface area contributed by atoms with Gasteiger partial charge in [0.1, 0.15) is 5.82 Å². The van der Waals surface area contributed by atoms with Crippen molar-refractivity contribution in [1.29, 1.82) is 0 Å². The molecule has 1 aromatic heterocycles. The Morgan fingerprint density at radius 2 is 2.31 bits per heavy atom. The highest BCUT2D eigenvalue weighted by Crippen LogP contribution is 2.28. The largest absolute Gasteiger partial charge is 0.229 e. The second kappa shape index (κ2) is 3.18. The predicted octanol–water partition coefficient (Wildman–Crippen LogP) is 1.09. The van der Waals surface area contributed by atoms with E-state index in [1.165, 1.54) is 0 Å². The van der Waals surface area contributed by atoms with Crippen LogP contribution in [-0.4, -0.2) is 29.3 Å². The van der Waals surface area contributed by atoms with E-state index in [4.69, 9.17) is 11.6 Å². The highest BCUT2D eigenvalue weighted by atomic mass is 35.5. The van der Waals surface area contributed by atoms with Crippen molar-refractivity contribution in [3.05, 3.63) is 10.3 Å². The highest BCUT2D eigenvalue weighted by Gasteiger charge is 2.31. The minimum atomic E-state index is -2.85. The topological polar surface area (TPSA) is 59.9 Å². The van der Waals surface area contributed by atoms with E-state index in [0.717, 1.165) is 11.5 Å². The number of hydrogen-bond donors (Lipinski definition) is 0. The fourth-order valence-electron chi connectivity index (χ4n) is 1.38. The SMILES string of the molecule is O=S1(=O)CCC(c2nsc(Cl)n2)C1. The maximum absolute atomic E-state index is 11.1. The summed E-state index contributed by atoms with van der Waals surface area (Å²) in [6.07, 6.45) is 0.620. The molecular weight excluding hydrogens is 232 g/mol. The van der Waals surface area contributed by atoms with E-state index in [1.54, 1.807) is 0 Å². The first kappa shape index (κ1) is 9.36. The maximum Gasteiger partial charge on any atom is 0.203 e. The Balaban J connectivity index is 2.21. The molecule has 13 heavy (non-hydrogen) atoms. The van der Waals surface area contributed by atoms with E-state index in [2.05, 4.69) is 9.36 Å². The van der Waals surface area contributed by atoms with Crippen LogP contribution in [0.25, 0.3) is 0 Å². The molecule has 1 unspecified atom stereocenters. The molecule has 2 rings (SSSR count). The van der Waals surface area contributed by atoms with Gasteiger partial charge in [-0.2, -0.15) is 4.37 Å². The molecule has 1 saturated heterocycles. The molecule has 0 spiro atoms. The number of rotatable bonds is 1. The van der Waals surface area contributed by atoms with Crippen LogP contribution in [0.3, 0.4) is 0 Å². The standard InChI is InChI=1S/C6H7ClN2O2S2/c7-6-8-5(9-12-6)4-1-2-13(10,11)3-4/h4H,1-3H2. The van der Waals surface area contributed by atoms with E-state index in [1.807, 2.05) is 0 Å². The van der Waals surface area contributed by atoms with Gasteiger partial charge in [-0.05, 0) is 29.6 Å². The summed E-state index contributed by atoms with van der Waals surface area (Å²) in [6, 6.07) is 0. The van der Waals surface area contributed by atoms with Crippen molar-refractivity contribution in [2.75, 3.05) is 11.5 Å². The molecule has 1 aromatic rings. The Morgan fingerprint density at radius 1 is 1.54 bits per heavy atom. The summed E-state index contributed by atoms with van der Waals surface area (Å²) in [4.78, 5) is 3.97. The van der Waals surface area contributed by atoms with Crippen LogP contribution in [0.15, 0.2) is 0 Å². The van der Waals surface area contributed by atoms with Gasteiger partial charge in [0.2, 0.25) is 4.47 Å². The summed E-state index contributed by atoms with van der Waals surface area (Å²) in [5.74, 6) is 0.944. The molecule has 72 valence electrons. The van der Waals surface area contributed by atoms with Crippen molar-refractivity contribution in [1.82, 2.24) is 9.36 Å². The lowest BCUT2D eigenvalue weighted by Crippen LogP contribution is -2.04. The molecule has 1 atom stereocenters. The van der Waals surface area contributed by atoms with Crippen molar-refractivity contribution in [2.24, 2.45) is 0 Å². The molecule has 1 fully saturated rings. The molecule has 0 bridgehead atoms. The Hall–Kier alpha value is -0.200. The molecule has 2 heterocycles. The Morgan fingerprint density at radius 3 is 2.77 bits per heavy atom. The van der Waals surface area contributed by atoms with Crippen LogP contribution >= 0.6 is 23.1 Å². The molecule has 0 saturated carbocycles. The molecule has 0 aromatic carbocycles. The zero-order chi connectivity index (χ0) is 9.47. The molecule has 1 aliphatic rings. The predicted molar refractivity (Wildman–Crippen MR) is 50.9 cm³/mol. The third-order valence-electron chi connectivity index (χ3n) is 2.01. The van der Waals surface area contributed by atoms with Gasteiger partial charge in [0, 0.05) is 5.92 Å². The fraction of sp³-hybridized carbons (Fsp3) is 0.667. The Labute approximate surface area is 85.0 Å². The Kier molecular flexibility index (Phi) is 2.29. The van der Waals surface area contributed by atoms with Crippen molar-refractivity contribution in [2.45, 2.75) is 12.3 Å². The van der Waals surface area contributed by atoms with Crippen LogP contribution in [0.5, 0.6) is 0 Å². The van der Waals surface area contributed by atoms with Gasteiger partial charge in [-0.1, -0.05) is 0 Å². The molecule has 0 radical (unpaired) electrons. The number of halogens is 1. The third-order valence-corrected chi connectivity index (χ3v) is 4.59. The first-order valence-corrected chi connectivity index (χ1v) is 6.74. The first-order valence-electron chi connectivity index (χ1n) is 3.76. The molecule has 0 aliphatic carbocycles. The van der Waals surface area contributed by atoms with Crippen LogP contribution in [-0.2, 0) is 9.84 Å². The second-order valence-corrected chi connectivity index (χ2v) is 6.57. The van der Waals surface area contributed by atoms with Gasteiger partial charge in [0.15, 0.2) is 9.84 Å². The van der Waals surface area contributed by atoms with Crippen LogP contribution < -0.4 is 0 Å². The summed E-state index contributed by atoms with van der Waals surface area (Å²) in [5, 5.41) is 0. The maximum atomic E-state index is 11.1. The molecule has 0 N–H and O–H groups in total. The number of aromatic nitrogens is 2. The van der Waals surface area contributed by atoms with Crippen molar-refractivity contribution in [3.8, 4) is 0 Å². The number of sulfone groups is 1. The summed E-state index contributed by atoms with van der Waals surface area (Å²) in [6.45, 7) is 0. The Bertz CT molecular complexity index is 414. The minimum absolute atomic E-state index is 0.0475. The first-order chi connectivity index (χ1) is 6.07. The highest BCUT2D eigenvalue weighted by molar-refractivity contribution is 7.91. The molecular formula is C6H7ClN2O2S2. The monoisotopic (exact) mass is 238 g/mol. The van der Waals surface area contributed by atoms with Gasteiger partial charge >= 0.3 is 0 Å². The van der Waals surface area contributed by atoms with E-state index >= 15 is 0 Å². The van der Waals surface area contributed by atoms with Gasteiger partial charge in [0.05, 0.1) is 11.5 Å². The van der Waals surface area contributed by atoms with Crippen LogP contribution in [0, 0.1) is 0 Å². The summed E-state index contributed by atoms with van der Waals surface area (Å²) < 4.78 is 26.6. The zero-order valence-corrected chi connectivity index (χ0v) is 8.99. The normalized spacial score (nSPS) is 26.4. The van der Waals surface area contributed by atoms with Gasteiger partial charge in [-0.15, -0.1) is 0 Å². The van der Waals surface area contributed by atoms with Gasteiger partial charge in [-0.3, -0.25) is 0 Å². The summed E-state index contributed by atoms with van der Waals surface area (Å²) >= 11 is 6.71. The molecule has 4 nitrogen and oxygen atoms in total. The average molecular weight is 239 g/mol. The lowest BCUT2D eigenvalue weighted by molar-refractivity contribution is 0.601. The summed E-state index contributed by atoms with van der Waals surface area (Å²) in [5.41, 5.74) is 0. The third kappa shape index (κ3) is 2.00. The summed E-state index contributed by atoms with van der Waals surface area (Å²) in [7, 11) is -2.85. The lowest BCUT2D eigenvalue weighted by Gasteiger charge is -1.98. The molecule has 7 heteroatoms. The number of hydrogen-bond acceptors (Lipinski definition) is 5. The van der Waals surface area contributed by atoms with Crippen molar-refractivity contribution in [3.63, 3.8) is 0 Å². The van der Waals surface area contributed by atoms with E-state index in [0.29, 0.717) is 16.7 Å². The fourth-order valence-corrected chi connectivity index (χ4v) is 3.80. The minimum Gasteiger partial charge on any atom is -0.229 e. The van der Waals surface area contributed by atoms with Crippen LogP contribution in [0.2, 0.25) is 4.47 Å². The van der Waals surface area contributed by atoms with Crippen molar-refractivity contribution < 1.29 is 8.42 Å². The second-order valence-electron chi connectivity index (χ2n) is 3.01. The van der Waals surface area contributed by atoms with Gasteiger partial charge < -0.3 is 0 Å². The zero-order valence-electron chi connectivity index (χ0n) is 6.60. The van der Waals surface area contributed by atoms with Crippen molar-refractivity contribution >= 4 is 33.0 Å². The average Bonchev–Trinajstić information content (AvgIpc) is 2.56. The lowest BCUT2D eigenvalue weighted by atomic mass is 10.1. The van der Waals surface area contributed by atoms with E-state index in [-0.39, 0.29) is 17.4 Å². The molecule has 0 amide bonds. The van der Waals surface area contributed by atoms with E-state index < -0.39 is 9.84 Å². The van der Waals surface area contributed by atoms with Gasteiger partial charge in [0.25, 0.3) is 0 Å². The number of nitrogens with zero attached hydrogens (tertiary/aromatic N) is 2.